The number of likely N-dealkylation sites (tertiary alicyclic amines) is 1. The van der Waals surface area contributed by atoms with Gasteiger partial charge in [0.1, 0.15) is 12.7 Å². The van der Waals surface area contributed by atoms with Crippen molar-refractivity contribution in [1.82, 2.24) is 25.0 Å². The first-order valence-electron chi connectivity index (χ1n) is 9.55. The number of amides is 1. The molecule has 1 N–H and O–H groups in total. The summed E-state index contributed by atoms with van der Waals surface area (Å²) < 4.78 is 1.81. The molecule has 2 aromatic rings. The first kappa shape index (κ1) is 18.6. The van der Waals surface area contributed by atoms with Gasteiger partial charge < -0.3 is 10.2 Å². The van der Waals surface area contributed by atoms with E-state index in [0.717, 1.165) is 44.5 Å². The molecule has 1 aromatic heterocycles. The van der Waals surface area contributed by atoms with Crippen molar-refractivity contribution in [3.63, 3.8) is 0 Å². The fourth-order valence-electron chi connectivity index (χ4n) is 3.58. The smallest absolute Gasteiger partial charge is 0.223 e. The standard InChI is InChI=1S/C20H29N5O/c1-16(2)24-11-8-18(9-12-24)20(26)23-19(17-6-4-3-5-7-17)10-13-25-15-21-14-22-25/h3-7,14-16,18-19H,8-13H2,1-2H3,(H,23,26). The molecule has 3 rings (SSSR count). The summed E-state index contributed by atoms with van der Waals surface area (Å²) in [5.74, 6) is 0.295. The van der Waals surface area contributed by atoms with E-state index in [2.05, 4.69) is 46.3 Å². The number of hydrogen-bond acceptors (Lipinski definition) is 4. The number of aromatic nitrogens is 3. The zero-order valence-electron chi connectivity index (χ0n) is 15.7. The van der Waals surface area contributed by atoms with E-state index in [1.165, 1.54) is 0 Å². The van der Waals surface area contributed by atoms with Crippen LogP contribution in [0, 0.1) is 5.92 Å². The van der Waals surface area contributed by atoms with E-state index in [1.807, 2.05) is 22.9 Å². The molecular formula is C20H29N5O. The number of piperidine rings is 1. The molecule has 1 saturated heterocycles. The highest BCUT2D eigenvalue weighted by Crippen LogP contribution is 2.22. The van der Waals surface area contributed by atoms with Crippen LogP contribution in [0.3, 0.4) is 0 Å². The van der Waals surface area contributed by atoms with E-state index >= 15 is 0 Å². The molecule has 0 bridgehead atoms. The molecule has 2 heterocycles. The molecule has 1 amide bonds. The highest BCUT2D eigenvalue weighted by Gasteiger charge is 2.27. The second-order valence-electron chi connectivity index (χ2n) is 7.32. The van der Waals surface area contributed by atoms with Crippen LogP contribution in [0.1, 0.15) is 44.7 Å². The van der Waals surface area contributed by atoms with E-state index in [4.69, 9.17) is 0 Å². The van der Waals surface area contributed by atoms with Crippen LogP contribution in [-0.4, -0.2) is 44.7 Å². The zero-order valence-corrected chi connectivity index (χ0v) is 15.7. The lowest BCUT2D eigenvalue weighted by molar-refractivity contribution is -0.127. The molecule has 1 atom stereocenters. The molecule has 1 unspecified atom stereocenters. The predicted octanol–water partition coefficient (Wildman–Crippen LogP) is 2.65. The maximum atomic E-state index is 12.9. The van der Waals surface area contributed by atoms with Gasteiger partial charge in [-0.05, 0) is 51.8 Å². The fraction of sp³-hybridized carbons (Fsp3) is 0.550. The molecule has 6 heteroatoms. The maximum Gasteiger partial charge on any atom is 0.223 e. The van der Waals surface area contributed by atoms with Gasteiger partial charge in [-0.3, -0.25) is 9.48 Å². The zero-order chi connectivity index (χ0) is 18.4. The molecule has 1 aliphatic rings. The van der Waals surface area contributed by atoms with Crippen LogP contribution in [0.25, 0.3) is 0 Å². The largest absolute Gasteiger partial charge is 0.349 e. The topological polar surface area (TPSA) is 63.1 Å². The second-order valence-corrected chi connectivity index (χ2v) is 7.32. The Morgan fingerprint density at radius 3 is 2.58 bits per heavy atom. The van der Waals surface area contributed by atoms with Gasteiger partial charge in [0.25, 0.3) is 0 Å². The van der Waals surface area contributed by atoms with Crippen molar-refractivity contribution in [3.8, 4) is 0 Å². The summed E-state index contributed by atoms with van der Waals surface area (Å²) in [5, 5.41) is 7.45. The van der Waals surface area contributed by atoms with E-state index in [-0.39, 0.29) is 17.9 Å². The third kappa shape index (κ3) is 4.91. The fourth-order valence-corrected chi connectivity index (χ4v) is 3.58. The molecule has 0 radical (unpaired) electrons. The van der Waals surface area contributed by atoms with Crippen LogP contribution in [0.2, 0.25) is 0 Å². The molecule has 0 spiro atoms. The Morgan fingerprint density at radius 2 is 1.96 bits per heavy atom. The Labute approximate surface area is 155 Å². The normalized spacial score (nSPS) is 17.3. The Bertz CT molecular complexity index is 663. The summed E-state index contributed by atoms with van der Waals surface area (Å²) in [6.07, 6.45) is 5.93. The number of aryl methyl sites for hydroxylation is 1. The minimum absolute atomic E-state index is 0.00368. The summed E-state index contributed by atoms with van der Waals surface area (Å²) in [5.41, 5.74) is 1.14. The van der Waals surface area contributed by atoms with Gasteiger partial charge in [0.2, 0.25) is 5.91 Å². The Hall–Kier alpha value is -2.21. The number of hydrogen-bond donors (Lipinski definition) is 1. The molecule has 140 valence electrons. The number of carbonyl (C=O) groups excluding carboxylic acids is 1. The van der Waals surface area contributed by atoms with Crippen molar-refractivity contribution >= 4 is 5.91 Å². The molecule has 0 saturated carbocycles. The van der Waals surface area contributed by atoms with Gasteiger partial charge >= 0.3 is 0 Å². The van der Waals surface area contributed by atoms with Crippen LogP contribution in [0.15, 0.2) is 43.0 Å². The van der Waals surface area contributed by atoms with Crippen molar-refractivity contribution in [3.05, 3.63) is 48.5 Å². The van der Waals surface area contributed by atoms with Crippen molar-refractivity contribution in [2.75, 3.05) is 13.1 Å². The highest BCUT2D eigenvalue weighted by molar-refractivity contribution is 5.79. The maximum absolute atomic E-state index is 12.9. The Balaban J connectivity index is 1.60. The molecule has 26 heavy (non-hydrogen) atoms. The highest BCUT2D eigenvalue weighted by atomic mass is 16.1. The minimum Gasteiger partial charge on any atom is -0.349 e. The van der Waals surface area contributed by atoms with Crippen LogP contribution in [-0.2, 0) is 11.3 Å². The molecule has 0 aliphatic carbocycles. The third-order valence-corrected chi connectivity index (χ3v) is 5.26. The van der Waals surface area contributed by atoms with Gasteiger partial charge in [0, 0.05) is 18.5 Å². The Kier molecular flexibility index (Phi) is 6.39. The second kappa shape index (κ2) is 8.94. The third-order valence-electron chi connectivity index (χ3n) is 5.26. The average Bonchev–Trinajstić information content (AvgIpc) is 3.19. The van der Waals surface area contributed by atoms with E-state index < -0.39 is 0 Å². The SMILES string of the molecule is CC(C)N1CCC(C(=O)NC(CCn2cncn2)c2ccccc2)CC1. The molecule has 1 fully saturated rings. The van der Waals surface area contributed by atoms with E-state index in [0.29, 0.717) is 6.04 Å². The van der Waals surface area contributed by atoms with Crippen molar-refractivity contribution in [2.45, 2.75) is 51.7 Å². The van der Waals surface area contributed by atoms with Gasteiger partial charge in [0.05, 0.1) is 6.04 Å². The van der Waals surface area contributed by atoms with Crippen LogP contribution >= 0.6 is 0 Å². The summed E-state index contributed by atoms with van der Waals surface area (Å²) in [7, 11) is 0. The summed E-state index contributed by atoms with van der Waals surface area (Å²) in [6.45, 7) is 7.17. The van der Waals surface area contributed by atoms with Crippen molar-refractivity contribution in [1.29, 1.82) is 0 Å². The quantitative estimate of drug-likeness (QED) is 0.829. The average molecular weight is 355 g/mol. The lowest BCUT2D eigenvalue weighted by Crippen LogP contribution is -2.43. The van der Waals surface area contributed by atoms with Gasteiger partial charge in [-0.15, -0.1) is 0 Å². The van der Waals surface area contributed by atoms with Crippen LogP contribution in [0.4, 0.5) is 0 Å². The first-order valence-corrected chi connectivity index (χ1v) is 9.55. The van der Waals surface area contributed by atoms with Crippen LogP contribution in [0.5, 0.6) is 0 Å². The number of nitrogens with zero attached hydrogens (tertiary/aromatic N) is 4. The van der Waals surface area contributed by atoms with Gasteiger partial charge in [-0.25, -0.2) is 4.98 Å². The summed E-state index contributed by atoms with van der Waals surface area (Å²) in [6, 6.07) is 10.7. The molecular weight excluding hydrogens is 326 g/mol. The number of rotatable bonds is 7. The Morgan fingerprint density at radius 1 is 1.23 bits per heavy atom. The number of carbonyl (C=O) groups is 1. The monoisotopic (exact) mass is 355 g/mol. The van der Waals surface area contributed by atoms with Gasteiger partial charge in [0.15, 0.2) is 0 Å². The van der Waals surface area contributed by atoms with Gasteiger partial charge in [-0.2, -0.15) is 5.10 Å². The molecule has 1 aromatic carbocycles. The molecule has 1 aliphatic heterocycles. The first-order chi connectivity index (χ1) is 12.6. The lowest BCUT2D eigenvalue weighted by Gasteiger charge is -2.34. The van der Waals surface area contributed by atoms with Crippen molar-refractivity contribution in [2.24, 2.45) is 5.92 Å². The number of nitrogens with one attached hydrogen (secondary N) is 1. The lowest BCUT2D eigenvalue weighted by atomic mass is 9.94. The number of benzene rings is 1. The van der Waals surface area contributed by atoms with Gasteiger partial charge in [-0.1, -0.05) is 30.3 Å². The molecule has 6 nitrogen and oxygen atoms in total. The van der Waals surface area contributed by atoms with E-state index in [9.17, 15) is 4.79 Å². The van der Waals surface area contributed by atoms with E-state index in [1.54, 1.807) is 12.7 Å². The van der Waals surface area contributed by atoms with Crippen molar-refractivity contribution < 1.29 is 4.79 Å². The minimum atomic E-state index is -0.00368. The van der Waals surface area contributed by atoms with Crippen LogP contribution < -0.4 is 5.32 Å². The predicted molar refractivity (Wildman–Crippen MR) is 101 cm³/mol. The summed E-state index contributed by atoms with van der Waals surface area (Å²) >= 11 is 0. The summed E-state index contributed by atoms with van der Waals surface area (Å²) in [4.78, 5) is 19.3.